The van der Waals surface area contributed by atoms with Gasteiger partial charge in [-0.2, -0.15) is 11.8 Å². The van der Waals surface area contributed by atoms with Gasteiger partial charge in [0.2, 0.25) is 5.91 Å². The summed E-state index contributed by atoms with van der Waals surface area (Å²) in [6.07, 6.45) is 3.51. The summed E-state index contributed by atoms with van der Waals surface area (Å²) >= 11 is 1.74. The van der Waals surface area contributed by atoms with Crippen molar-refractivity contribution in [3.63, 3.8) is 0 Å². The summed E-state index contributed by atoms with van der Waals surface area (Å²) in [4.78, 5) is 11.6. The number of carbonyl (C=O) groups is 1. The fourth-order valence-corrected chi connectivity index (χ4v) is 1.76. The molecule has 0 saturated carbocycles. The molecule has 0 aromatic carbocycles. The number of hydrogen-bond acceptors (Lipinski definition) is 4. The Labute approximate surface area is 95.3 Å². The second kappa shape index (κ2) is 6.35. The minimum absolute atomic E-state index is 0.00634. The molecule has 0 bridgehead atoms. The molecule has 0 aromatic rings. The molecule has 1 aliphatic rings. The van der Waals surface area contributed by atoms with E-state index in [1.165, 1.54) is 0 Å². The molecule has 0 aliphatic carbocycles. The van der Waals surface area contributed by atoms with Gasteiger partial charge in [0.05, 0.1) is 6.10 Å². The molecule has 1 saturated heterocycles. The quantitative estimate of drug-likeness (QED) is 0.718. The highest BCUT2D eigenvalue weighted by Gasteiger charge is 2.29. The number of amides is 1. The maximum atomic E-state index is 11.6. The lowest BCUT2D eigenvalue weighted by molar-refractivity contribution is -0.131. The van der Waals surface area contributed by atoms with Crippen LogP contribution in [0.2, 0.25) is 0 Å². The molecule has 4 nitrogen and oxygen atoms in total. The van der Waals surface area contributed by atoms with Crippen LogP contribution in [0.5, 0.6) is 0 Å². The first-order chi connectivity index (χ1) is 7.17. The van der Waals surface area contributed by atoms with Crippen LogP contribution in [0, 0.1) is 0 Å². The third-order valence-electron chi connectivity index (χ3n) is 2.63. The van der Waals surface area contributed by atoms with Crippen molar-refractivity contribution >= 4 is 17.7 Å². The van der Waals surface area contributed by atoms with E-state index in [-0.39, 0.29) is 18.1 Å². The van der Waals surface area contributed by atoms with E-state index in [2.05, 4.69) is 12.2 Å². The van der Waals surface area contributed by atoms with Crippen LogP contribution < -0.4 is 11.1 Å². The van der Waals surface area contributed by atoms with E-state index in [9.17, 15) is 4.79 Å². The van der Waals surface area contributed by atoms with Crippen molar-refractivity contribution in [3.05, 3.63) is 0 Å². The van der Waals surface area contributed by atoms with Crippen molar-refractivity contribution in [2.24, 2.45) is 5.73 Å². The summed E-state index contributed by atoms with van der Waals surface area (Å²) < 4.78 is 5.49. The summed E-state index contributed by atoms with van der Waals surface area (Å²) in [5.74, 6) is 0.00634. The first kappa shape index (κ1) is 12.8. The van der Waals surface area contributed by atoms with Gasteiger partial charge >= 0.3 is 0 Å². The van der Waals surface area contributed by atoms with Gasteiger partial charge in [-0.25, -0.2) is 0 Å². The maximum absolute atomic E-state index is 11.6. The Balaban J connectivity index is 2.23. The Morgan fingerprint density at radius 2 is 2.40 bits per heavy atom. The van der Waals surface area contributed by atoms with Crippen LogP contribution in [0.15, 0.2) is 0 Å². The highest BCUT2D eigenvalue weighted by molar-refractivity contribution is 7.99. The van der Waals surface area contributed by atoms with Gasteiger partial charge in [0.15, 0.2) is 0 Å². The minimum Gasteiger partial charge on any atom is -0.364 e. The lowest BCUT2D eigenvalue weighted by Gasteiger charge is -2.14. The van der Waals surface area contributed by atoms with Gasteiger partial charge in [0, 0.05) is 18.3 Å². The molecule has 1 rings (SSSR count). The van der Waals surface area contributed by atoms with Crippen LogP contribution in [0.3, 0.4) is 0 Å². The van der Waals surface area contributed by atoms with Gasteiger partial charge < -0.3 is 15.8 Å². The first-order valence-corrected chi connectivity index (χ1v) is 6.62. The zero-order chi connectivity index (χ0) is 11.3. The summed E-state index contributed by atoms with van der Waals surface area (Å²) in [5, 5.41) is 3.34. The van der Waals surface area contributed by atoms with Crippen molar-refractivity contribution in [3.8, 4) is 0 Å². The fourth-order valence-electron chi connectivity index (χ4n) is 1.51. The zero-order valence-electron chi connectivity index (χ0n) is 9.36. The van der Waals surface area contributed by atoms with E-state index in [0.717, 1.165) is 12.8 Å². The molecular weight excluding hydrogens is 212 g/mol. The Bertz CT molecular complexity index is 214. The van der Waals surface area contributed by atoms with Crippen molar-refractivity contribution in [1.82, 2.24) is 5.32 Å². The van der Waals surface area contributed by atoms with Crippen LogP contribution in [0.25, 0.3) is 0 Å². The van der Waals surface area contributed by atoms with Gasteiger partial charge in [-0.3, -0.25) is 4.79 Å². The van der Waals surface area contributed by atoms with E-state index < -0.39 is 0 Å². The first-order valence-electron chi connectivity index (χ1n) is 5.33. The van der Waals surface area contributed by atoms with E-state index in [0.29, 0.717) is 18.3 Å². The van der Waals surface area contributed by atoms with Crippen molar-refractivity contribution in [1.29, 1.82) is 0 Å². The normalized spacial score (nSPS) is 27.7. The minimum atomic E-state index is -0.285. The van der Waals surface area contributed by atoms with E-state index in [4.69, 9.17) is 10.5 Å². The monoisotopic (exact) mass is 232 g/mol. The second-order valence-electron chi connectivity index (χ2n) is 3.85. The smallest absolute Gasteiger partial charge is 0.249 e. The molecule has 1 fully saturated rings. The van der Waals surface area contributed by atoms with E-state index in [1.807, 2.05) is 6.26 Å². The average Bonchev–Trinajstić information content (AvgIpc) is 2.73. The highest BCUT2D eigenvalue weighted by atomic mass is 32.2. The number of rotatable bonds is 5. The Morgan fingerprint density at radius 1 is 1.67 bits per heavy atom. The number of thioether (sulfide) groups is 1. The highest BCUT2D eigenvalue weighted by Crippen LogP contribution is 2.18. The Morgan fingerprint density at radius 3 is 2.93 bits per heavy atom. The molecule has 3 N–H and O–H groups in total. The fraction of sp³-hybridized carbons (Fsp3) is 0.900. The maximum Gasteiger partial charge on any atom is 0.249 e. The number of carbonyl (C=O) groups excluding carboxylic acids is 1. The van der Waals surface area contributed by atoms with Crippen molar-refractivity contribution in [2.75, 3.05) is 19.3 Å². The molecule has 15 heavy (non-hydrogen) atoms. The Hall–Kier alpha value is -0.260. The third-order valence-corrected chi connectivity index (χ3v) is 3.60. The SMILES string of the molecule is CSC(C)CNC(=O)[C@@H]1CC[C@H](CN)O1. The van der Waals surface area contributed by atoms with Crippen LogP contribution in [0.4, 0.5) is 0 Å². The van der Waals surface area contributed by atoms with Crippen LogP contribution in [-0.2, 0) is 9.53 Å². The molecule has 5 heteroatoms. The molecular formula is C10H20N2O2S. The molecule has 3 atom stereocenters. The number of hydrogen-bond donors (Lipinski definition) is 2. The van der Waals surface area contributed by atoms with E-state index >= 15 is 0 Å². The lowest BCUT2D eigenvalue weighted by atomic mass is 10.2. The predicted molar refractivity (Wildman–Crippen MR) is 62.9 cm³/mol. The predicted octanol–water partition coefficient (Wildman–Crippen LogP) is 0.360. The number of nitrogens with two attached hydrogens (primary N) is 1. The van der Waals surface area contributed by atoms with E-state index in [1.54, 1.807) is 11.8 Å². The molecule has 1 aliphatic heterocycles. The molecule has 0 aromatic heterocycles. The van der Waals surface area contributed by atoms with Gasteiger partial charge in [-0.1, -0.05) is 6.92 Å². The van der Waals surface area contributed by atoms with Gasteiger partial charge in [-0.05, 0) is 19.1 Å². The molecule has 88 valence electrons. The molecule has 1 amide bonds. The van der Waals surface area contributed by atoms with Gasteiger partial charge in [0.1, 0.15) is 6.10 Å². The molecule has 1 heterocycles. The lowest BCUT2D eigenvalue weighted by Crippen LogP contribution is -2.38. The molecule has 0 radical (unpaired) electrons. The summed E-state index contributed by atoms with van der Waals surface area (Å²) in [6, 6.07) is 0. The van der Waals surface area contributed by atoms with Crippen molar-refractivity contribution < 1.29 is 9.53 Å². The third kappa shape index (κ3) is 4.01. The summed E-state index contributed by atoms with van der Waals surface area (Å²) in [6.45, 7) is 3.29. The number of ether oxygens (including phenoxy) is 1. The standard InChI is InChI=1S/C10H20N2O2S/c1-7(15-2)6-12-10(13)9-4-3-8(5-11)14-9/h7-9H,3-6,11H2,1-2H3,(H,12,13)/t7?,8-,9+/m1/s1. The van der Waals surface area contributed by atoms with Crippen LogP contribution >= 0.6 is 11.8 Å². The Kier molecular flexibility index (Phi) is 5.42. The largest absolute Gasteiger partial charge is 0.364 e. The average molecular weight is 232 g/mol. The van der Waals surface area contributed by atoms with Gasteiger partial charge in [0.25, 0.3) is 0 Å². The number of nitrogens with one attached hydrogen (secondary N) is 1. The topological polar surface area (TPSA) is 64.4 Å². The summed E-state index contributed by atoms with van der Waals surface area (Å²) in [7, 11) is 0. The molecule has 1 unspecified atom stereocenters. The zero-order valence-corrected chi connectivity index (χ0v) is 10.2. The van der Waals surface area contributed by atoms with Crippen molar-refractivity contribution in [2.45, 2.75) is 37.2 Å². The van der Waals surface area contributed by atoms with Crippen LogP contribution in [-0.4, -0.2) is 42.7 Å². The van der Waals surface area contributed by atoms with Crippen LogP contribution in [0.1, 0.15) is 19.8 Å². The van der Waals surface area contributed by atoms with Gasteiger partial charge in [-0.15, -0.1) is 0 Å². The summed E-state index contributed by atoms with van der Waals surface area (Å²) in [5.41, 5.74) is 5.48. The molecule has 0 spiro atoms. The second-order valence-corrected chi connectivity index (χ2v) is 5.13.